The van der Waals surface area contributed by atoms with Crippen LogP contribution in [0.4, 0.5) is 16.2 Å². The number of unbranched alkanes of at least 4 members (excludes halogenated alkanes) is 4. The van der Waals surface area contributed by atoms with Gasteiger partial charge >= 0.3 is 6.03 Å². The Labute approximate surface area is 322 Å². The van der Waals surface area contributed by atoms with Gasteiger partial charge in [-0.25, -0.2) is 9.69 Å². The lowest BCUT2D eigenvalue weighted by Gasteiger charge is -2.25. The Morgan fingerprint density at radius 1 is 0.870 bits per heavy atom. The van der Waals surface area contributed by atoms with Gasteiger partial charge in [-0.2, -0.15) is 0 Å². The van der Waals surface area contributed by atoms with Gasteiger partial charge in [-0.1, -0.05) is 70.2 Å². The third kappa shape index (κ3) is 9.42. The minimum absolute atomic E-state index is 0.0810. The fourth-order valence-corrected chi connectivity index (χ4v) is 7.16. The van der Waals surface area contributed by atoms with E-state index < -0.39 is 41.8 Å². The molecule has 0 saturated carbocycles. The summed E-state index contributed by atoms with van der Waals surface area (Å²) >= 11 is 6.52. The molecule has 3 unspecified atom stereocenters. The van der Waals surface area contributed by atoms with Crippen LogP contribution >= 0.6 is 11.6 Å². The van der Waals surface area contributed by atoms with Gasteiger partial charge in [0.25, 0.3) is 17.7 Å². The SMILES string of the molecule is CCCCCc1ccc(OC(CC)C(=O)Nc2ccc(Cl)c(NC(=O)C(C(=O)c3ccc(OC)cc3)N3C(=O)C4CCCN4C3=O)c2)c(CCCCC)c1. The number of nitrogens with zero attached hydrogens (tertiary/aromatic N) is 2. The fraction of sp³-hybridized carbons (Fsp3) is 0.452. The molecule has 2 aliphatic heterocycles. The number of rotatable bonds is 19. The molecule has 2 N–H and O–H groups in total. The number of hydrogen-bond acceptors (Lipinski definition) is 7. The second kappa shape index (κ2) is 18.9. The summed E-state index contributed by atoms with van der Waals surface area (Å²) in [6.45, 7) is 6.59. The van der Waals surface area contributed by atoms with E-state index in [9.17, 15) is 24.0 Å². The largest absolute Gasteiger partial charge is 0.497 e. The normalized spacial score (nSPS) is 16.2. The number of amides is 5. The zero-order valence-corrected chi connectivity index (χ0v) is 32.4. The molecule has 0 radical (unpaired) electrons. The van der Waals surface area contributed by atoms with Crippen LogP contribution in [0.1, 0.15) is 100 Å². The Kier molecular flexibility index (Phi) is 14.1. The molecule has 54 heavy (non-hydrogen) atoms. The van der Waals surface area contributed by atoms with Gasteiger partial charge in [-0.3, -0.25) is 19.2 Å². The molecule has 3 aromatic rings. The van der Waals surface area contributed by atoms with Gasteiger partial charge in [-0.05, 0) is 105 Å². The van der Waals surface area contributed by atoms with Crippen molar-refractivity contribution in [3.63, 3.8) is 0 Å². The lowest BCUT2D eigenvalue weighted by molar-refractivity contribution is -0.133. The summed E-state index contributed by atoms with van der Waals surface area (Å²) in [5.41, 5.74) is 2.87. The number of ketones is 1. The number of methoxy groups -OCH3 is 1. The minimum Gasteiger partial charge on any atom is -0.497 e. The number of carbonyl (C=O) groups excluding carboxylic acids is 5. The molecule has 3 aromatic carbocycles. The molecule has 0 aromatic heterocycles. The molecular weight excluding hydrogens is 708 g/mol. The third-order valence-electron chi connectivity index (χ3n) is 10.0. The van der Waals surface area contributed by atoms with Crippen LogP contribution in [0.2, 0.25) is 5.02 Å². The second-order valence-corrected chi connectivity index (χ2v) is 14.3. The van der Waals surface area contributed by atoms with Crippen molar-refractivity contribution in [1.29, 1.82) is 0 Å². The monoisotopic (exact) mass is 758 g/mol. The summed E-state index contributed by atoms with van der Waals surface area (Å²) in [7, 11) is 1.48. The Morgan fingerprint density at radius 3 is 2.26 bits per heavy atom. The average molecular weight is 759 g/mol. The van der Waals surface area contributed by atoms with Crippen LogP contribution in [0.15, 0.2) is 60.7 Å². The molecule has 11 nitrogen and oxygen atoms in total. The highest BCUT2D eigenvalue weighted by molar-refractivity contribution is 6.34. The molecule has 5 amide bonds. The van der Waals surface area contributed by atoms with Gasteiger partial charge < -0.3 is 25.0 Å². The number of aryl methyl sites for hydroxylation is 2. The number of urea groups is 1. The number of anilines is 2. The number of carbonyl (C=O) groups is 5. The number of ether oxygens (including phenoxy) is 2. The summed E-state index contributed by atoms with van der Waals surface area (Å²) in [5.74, 6) is -1.47. The number of nitrogens with one attached hydrogen (secondary N) is 2. The predicted molar refractivity (Wildman–Crippen MR) is 209 cm³/mol. The predicted octanol–water partition coefficient (Wildman–Crippen LogP) is 8.23. The summed E-state index contributed by atoms with van der Waals surface area (Å²) in [6.07, 6.45) is 9.26. The van der Waals surface area contributed by atoms with E-state index in [0.29, 0.717) is 43.0 Å². The lowest BCUT2D eigenvalue weighted by Crippen LogP contribution is -2.53. The summed E-state index contributed by atoms with van der Waals surface area (Å²) in [4.78, 5) is 70.7. The maximum Gasteiger partial charge on any atom is 0.328 e. The van der Waals surface area contributed by atoms with Crippen LogP contribution in [-0.4, -0.2) is 71.2 Å². The highest BCUT2D eigenvalue weighted by Crippen LogP contribution is 2.32. The smallest absolute Gasteiger partial charge is 0.328 e. The quantitative estimate of drug-likeness (QED) is 0.0545. The Bertz CT molecular complexity index is 1810. The Hall–Kier alpha value is -4.90. The standard InChI is InChI=1S/C42H51ClN4O7/c1-5-8-10-13-27-16-23-36(29(25-27)14-11-9-6-2)54-35(7-3)39(49)44-30-19-22-32(43)33(26-30)45-40(50)37(38(48)28-17-20-31(53-4)21-18-28)47-41(51)34-15-12-24-46(34)42(47)52/h16-23,25-26,34-35,37H,5-15,24H2,1-4H3,(H,44,49)(H,45,50). The van der Waals surface area contributed by atoms with Gasteiger partial charge in [-0.15, -0.1) is 0 Å². The van der Waals surface area contributed by atoms with Gasteiger partial charge in [0.2, 0.25) is 0 Å². The van der Waals surface area contributed by atoms with Crippen LogP contribution < -0.4 is 20.1 Å². The highest BCUT2D eigenvalue weighted by Gasteiger charge is 2.53. The molecule has 0 bridgehead atoms. The molecule has 3 atom stereocenters. The lowest BCUT2D eigenvalue weighted by atomic mass is 10.00. The number of halogens is 1. The van der Waals surface area contributed by atoms with Gasteiger partial charge in [0.05, 0.1) is 17.8 Å². The maximum absolute atomic E-state index is 14.0. The topological polar surface area (TPSA) is 134 Å². The van der Waals surface area contributed by atoms with Gasteiger partial charge in [0.1, 0.15) is 17.5 Å². The van der Waals surface area contributed by atoms with Crippen molar-refractivity contribution in [1.82, 2.24) is 9.80 Å². The van der Waals surface area contributed by atoms with Crippen LogP contribution in [0.5, 0.6) is 11.5 Å². The summed E-state index contributed by atoms with van der Waals surface area (Å²) in [5, 5.41) is 5.65. The zero-order chi connectivity index (χ0) is 38.8. The van der Waals surface area contributed by atoms with Crippen LogP contribution in [0.25, 0.3) is 0 Å². The van der Waals surface area contributed by atoms with Crippen molar-refractivity contribution in [3.05, 3.63) is 82.4 Å². The van der Waals surface area contributed by atoms with Crippen LogP contribution in [0.3, 0.4) is 0 Å². The van der Waals surface area contributed by atoms with E-state index in [0.717, 1.165) is 55.4 Å². The van der Waals surface area contributed by atoms with E-state index in [4.69, 9.17) is 21.1 Å². The molecule has 2 saturated heterocycles. The molecule has 2 fully saturated rings. The van der Waals surface area contributed by atoms with Crippen molar-refractivity contribution in [2.75, 3.05) is 24.3 Å². The van der Waals surface area contributed by atoms with E-state index >= 15 is 0 Å². The summed E-state index contributed by atoms with van der Waals surface area (Å²) < 4.78 is 11.6. The van der Waals surface area contributed by atoms with Crippen molar-refractivity contribution in [2.24, 2.45) is 0 Å². The van der Waals surface area contributed by atoms with Crippen LogP contribution in [-0.2, 0) is 27.2 Å². The highest BCUT2D eigenvalue weighted by atomic mass is 35.5. The van der Waals surface area contributed by atoms with Crippen molar-refractivity contribution >= 4 is 52.5 Å². The van der Waals surface area contributed by atoms with E-state index in [1.54, 1.807) is 18.2 Å². The van der Waals surface area contributed by atoms with E-state index in [-0.39, 0.29) is 22.2 Å². The number of hydrogen-bond donors (Lipinski definition) is 2. The van der Waals surface area contributed by atoms with Crippen molar-refractivity contribution in [2.45, 2.75) is 110 Å². The molecule has 12 heteroatoms. The number of fused-ring (bicyclic) bond motifs is 1. The average Bonchev–Trinajstić information content (AvgIpc) is 3.75. The number of benzene rings is 3. The molecule has 5 rings (SSSR count). The zero-order valence-electron chi connectivity index (χ0n) is 31.6. The van der Waals surface area contributed by atoms with Crippen LogP contribution in [0, 0.1) is 0 Å². The molecule has 0 spiro atoms. The molecular formula is C42H51ClN4O7. The van der Waals surface area contributed by atoms with E-state index in [2.05, 4.69) is 36.6 Å². The van der Waals surface area contributed by atoms with E-state index in [1.165, 1.54) is 48.3 Å². The Morgan fingerprint density at radius 2 is 1.59 bits per heavy atom. The summed E-state index contributed by atoms with van der Waals surface area (Å²) in [6, 6.07) is 13.6. The minimum atomic E-state index is -1.80. The first-order valence-electron chi connectivity index (χ1n) is 19.1. The first-order chi connectivity index (χ1) is 26.1. The van der Waals surface area contributed by atoms with Crippen molar-refractivity contribution < 1.29 is 33.4 Å². The second-order valence-electron chi connectivity index (χ2n) is 13.9. The van der Waals surface area contributed by atoms with Gasteiger partial charge in [0, 0.05) is 17.8 Å². The number of imide groups is 1. The molecule has 288 valence electrons. The molecule has 2 heterocycles. The molecule has 2 aliphatic rings. The number of Topliss-reactive ketones (excluding diaryl/α,β-unsaturated/α-hetero) is 1. The Balaban J connectivity index is 1.34. The first kappa shape index (κ1) is 40.3. The van der Waals surface area contributed by atoms with E-state index in [1.807, 2.05) is 13.0 Å². The fourth-order valence-electron chi connectivity index (χ4n) is 6.99. The first-order valence-corrected chi connectivity index (χ1v) is 19.5. The van der Waals surface area contributed by atoms with Crippen molar-refractivity contribution in [3.8, 4) is 11.5 Å². The third-order valence-corrected chi connectivity index (χ3v) is 10.4. The van der Waals surface area contributed by atoms with Gasteiger partial charge in [0.15, 0.2) is 17.9 Å². The molecule has 0 aliphatic carbocycles. The maximum atomic E-state index is 14.0.